The summed E-state index contributed by atoms with van der Waals surface area (Å²) in [7, 11) is 0. The number of benzene rings is 3. The highest BCUT2D eigenvalue weighted by Crippen LogP contribution is 2.36. The molecule has 0 aliphatic heterocycles. The van der Waals surface area contributed by atoms with Crippen molar-refractivity contribution in [3.63, 3.8) is 0 Å². The zero-order chi connectivity index (χ0) is 16.8. The van der Waals surface area contributed by atoms with Gasteiger partial charge in [0.1, 0.15) is 11.5 Å². The molecule has 0 amide bonds. The van der Waals surface area contributed by atoms with Gasteiger partial charge in [0.25, 0.3) is 0 Å². The maximum Gasteiger partial charge on any atom is 0.170 e. The summed E-state index contributed by atoms with van der Waals surface area (Å²) in [6, 6.07) is 24.5. The average molecular weight is 320 g/mol. The van der Waals surface area contributed by atoms with Crippen LogP contribution in [0.25, 0.3) is 0 Å². The van der Waals surface area contributed by atoms with Gasteiger partial charge in [-0.25, -0.2) is 0 Å². The smallest absolute Gasteiger partial charge is 0.170 e. The molecule has 3 aromatic rings. The fraction of sp³-hybridized carbons (Fsp3) is 0.100. The Morgan fingerprint density at radius 3 is 1.79 bits per heavy atom. The van der Waals surface area contributed by atoms with Crippen molar-refractivity contribution in [2.24, 2.45) is 11.5 Å². The van der Waals surface area contributed by atoms with Crippen molar-refractivity contribution < 1.29 is 9.47 Å². The average Bonchev–Trinajstić information content (AvgIpc) is 2.64. The Balaban J connectivity index is 1.94. The van der Waals surface area contributed by atoms with Gasteiger partial charge in [-0.2, -0.15) is 0 Å². The molecule has 0 bridgehead atoms. The highest BCUT2D eigenvalue weighted by molar-refractivity contribution is 5.48. The van der Waals surface area contributed by atoms with Gasteiger partial charge in [-0.1, -0.05) is 42.5 Å². The van der Waals surface area contributed by atoms with Crippen molar-refractivity contribution in [2.45, 2.75) is 6.04 Å². The summed E-state index contributed by atoms with van der Waals surface area (Å²) in [6.45, 7) is 0.365. The molecule has 0 spiro atoms. The fourth-order valence-electron chi connectivity index (χ4n) is 2.29. The molecular weight excluding hydrogens is 300 g/mol. The zero-order valence-electron chi connectivity index (χ0n) is 13.3. The topological polar surface area (TPSA) is 70.5 Å². The van der Waals surface area contributed by atoms with Crippen LogP contribution in [0.15, 0.2) is 78.9 Å². The third-order valence-electron chi connectivity index (χ3n) is 3.59. The molecule has 0 fully saturated rings. The van der Waals surface area contributed by atoms with Gasteiger partial charge in [-0.05, 0) is 42.0 Å². The Bertz CT molecular complexity index is 776. The van der Waals surface area contributed by atoms with Crippen molar-refractivity contribution in [3.8, 4) is 23.0 Å². The maximum atomic E-state index is 6.04. The molecule has 0 aromatic heterocycles. The standard InChI is InChI=1S/C20H20N2O2/c21-14-18(22)15-11-12-19(23-16-7-3-1-4-8-16)20(13-15)24-17-9-5-2-6-10-17/h1-13,18H,14,21-22H2/t18-/m0/s1. The van der Waals surface area contributed by atoms with Gasteiger partial charge in [-0.3, -0.25) is 0 Å². The summed E-state index contributed by atoms with van der Waals surface area (Å²) in [5, 5.41) is 0. The first-order chi connectivity index (χ1) is 11.8. The number of hydrogen-bond acceptors (Lipinski definition) is 4. The summed E-state index contributed by atoms with van der Waals surface area (Å²) < 4.78 is 11.9. The van der Waals surface area contributed by atoms with E-state index in [1.54, 1.807) is 0 Å². The first-order valence-corrected chi connectivity index (χ1v) is 7.81. The quantitative estimate of drug-likeness (QED) is 0.713. The van der Waals surface area contributed by atoms with Gasteiger partial charge in [0, 0.05) is 12.6 Å². The van der Waals surface area contributed by atoms with Crippen molar-refractivity contribution in [1.82, 2.24) is 0 Å². The van der Waals surface area contributed by atoms with Crippen LogP contribution in [-0.4, -0.2) is 6.54 Å². The molecule has 122 valence electrons. The lowest BCUT2D eigenvalue weighted by Gasteiger charge is -2.16. The number of nitrogens with two attached hydrogens (primary N) is 2. The number of rotatable bonds is 6. The summed E-state index contributed by atoms with van der Waals surface area (Å²) >= 11 is 0. The molecule has 0 heterocycles. The SMILES string of the molecule is NC[C@H](N)c1ccc(Oc2ccccc2)c(Oc2ccccc2)c1. The van der Waals surface area contributed by atoms with E-state index < -0.39 is 0 Å². The minimum Gasteiger partial charge on any atom is -0.453 e. The molecule has 1 atom stereocenters. The molecule has 0 radical (unpaired) electrons. The van der Waals surface area contributed by atoms with E-state index in [-0.39, 0.29) is 6.04 Å². The van der Waals surface area contributed by atoms with E-state index in [0.29, 0.717) is 18.0 Å². The molecule has 0 unspecified atom stereocenters. The Kier molecular flexibility index (Phi) is 5.11. The predicted octanol–water partition coefficient (Wildman–Crippen LogP) is 4.23. The molecule has 0 saturated carbocycles. The fourth-order valence-corrected chi connectivity index (χ4v) is 2.29. The summed E-state index contributed by atoms with van der Waals surface area (Å²) in [6.07, 6.45) is 0. The lowest BCUT2D eigenvalue weighted by molar-refractivity contribution is 0.417. The monoisotopic (exact) mass is 320 g/mol. The molecule has 4 nitrogen and oxygen atoms in total. The molecule has 3 rings (SSSR count). The van der Waals surface area contributed by atoms with Crippen LogP contribution in [0.2, 0.25) is 0 Å². The third kappa shape index (κ3) is 3.93. The molecule has 4 N–H and O–H groups in total. The molecule has 3 aromatic carbocycles. The minimum absolute atomic E-state index is 0.242. The highest BCUT2D eigenvalue weighted by Gasteiger charge is 2.12. The zero-order valence-corrected chi connectivity index (χ0v) is 13.3. The van der Waals surface area contributed by atoms with Crippen molar-refractivity contribution in [1.29, 1.82) is 0 Å². The van der Waals surface area contributed by atoms with E-state index in [9.17, 15) is 0 Å². The van der Waals surface area contributed by atoms with E-state index >= 15 is 0 Å². The number of ether oxygens (including phenoxy) is 2. The van der Waals surface area contributed by atoms with Gasteiger partial charge in [0.2, 0.25) is 0 Å². The molecular formula is C20H20N2O2. The Labute approximate surface area is 141 Å². The van der Waals surface area contributed by atoms with Gasteiger partial charge >= 0.3 is 0 Å². The summed E-state index contributed by atoms with van der Waals surface area (Å²) in [4.78, 5) is 0. The predicted molar refractivity (Wildman–Crippen MR) is 95.5 cm³/mol. The van der Waals surface area contributed by atoms with Crippen LogP contribution in [0.4, 0.5) is 0 Å². The van der Waals surface area contributed by atoms with Crippen molar-refractivity contribution in [3.05, 3.63) is 84.4 Å². The third-order valence-corrected chi connectivity index (χ3v) is 3.59. The Morgan fingerprint density at radius 1 is 0.708 bits per heavy atom. The van der Waals surface area contributed by atoms with Crippen molar-refractivity contribution >= 4 is 0 Å². The normalized spacial score (nSPS) is 11.8. The molecule has 0 aliphatic carbocycles. The largest absolute Gasteiger partial charge is 0.453 e. The first-order valence-electron chi connectivity index (χ1n) is 7.81. The van der Waals surface area contributed by atoms with Crippen LogP contribution in [0.3, 0.4) is 0 Å². The highest BCUT2D eigenvalue weighted by atomic mass is 16.5. The summed E-state index contributed by atoms with van der Waals surface area (Å²) in [5.41, 5.74) is 12.6. The maximum absolute atomic E-state index is 6.04. The van der Waals surface area contributed by atoms with E-state index in [1.165, 1.54) is 0 Å². The lowest BCUT2D eigenvalue weighted by atomic mass is 10.1. The van der Waals surface area contributed by atoms with Gasteiger partial charge < -0.3 is 20.9 Å². The van der Waals surface area contributed by atoms with Crippen LogP contribution >= 0.6 is 0 Å². The number of hydrogen-bond donors (Lipinski definition) is 2. The van der Waals surface area contributed by atoms with E-state index in [0.717, 1.165) is 17.1 Å². The van der Waals surface area contributed by atoms with Crippen molar-refractivity contribution in [2.75, 3.05) is 6.54 Å². The Hall–Kier alpha value is -2.82. The second-order valence-corrected chi connectivity index (χ2v) is 5.38. The van der Waals surface area contributed by atoms with E-state index in [1.807, 2.05) is 78.9 Å². The van der Waals surface area contributed by atoms with Crippen LogP contribution in [0.5, 0.6) is 23.0 Å². The van der Waals surface area contributed by atoms with Crippen LogP contribution in [-0.2, 0) is 0 Å². The van der Waals surface area contributed by atoms with Crippen LogP contribution < -0.4 is 20.9 Å². The molecule has 0 aliphatic rings. The van der Waals surface area contributed by atoms with Crippen LogP contribution in [0, 0.1) is 0 Å². The first kappa shape index (κ1) is 16.1. The van der Waals surface area contributed by atoms with Gasteiger partial charge in [-0.15, -0.1) is 0 Å². The van der Waals surface area contributed by atoms with E-state index in [4.69, 9.17) is 20.9 Å². The number of para-hydroxylation sites is 2. The Morgan fingerprint density at radius 2 is 1.25 bits per heavy atom. The van der Waals surface area contributed by atoms with Crippen LogP contribution in [0.1, 0.15) is 11.6 Å². The second-order valence-electron chi connectivity index (χ2n) is 5.38. The van der Waals surface area contributed by atoms with E-state index in [2.05, 4.69) is 0 Å². The second kappa shape index (κ2) is 7.64. The molecule has 0 saturated heterocycles. The lowest BCUT2D eigenvalue weighted by Crippen LogP contribution is -2.20. The molecule has 4 heteroatoms. The molecule has 24 heavy (non-hydrogen) atoms. The summed E-state index contributed by atoms with van der Waals surface area (Å²) in [5.74, 6) is 2.70. The van der Waals surface area contributed by atoms with Gasteiger partial charge in [0.15, 0.2) is 11.5 Å². The minimum atomic E-state index is -0.242. The van der Waals surface area contributed by atoms with Gasteiger partial charge in [0.05, 0.1) is 0 Å².